The van der Waals surface area contributed by atoms with Gasteiger partial charge >= 0.3 is 0 Å². The van der Waals surface area contributed by atoms with Gasteiger partial charge in [-0.25, -0.2) is 0 Å². The molecule has 1 N–H and O–H groups in total. The SMILES string of the molecule is CCCCCN(C)CNC. The van der Waals surface area contributed by atoms with Crippen LogP contribution in [0.5, 0.6) is 0 Å². The standard InChI is InChI=1S/C8H20N2/c1-4-5-6-7-10(3)8-9-2/h9H,4-8H2,1-3H3. The Bertz CT molecular complexity index is 64.3. The van der Waals surface area contributed by atoms with Crippen LogP contribution in [-0.2, 0) is 0 Å². The number of nitrogens with one attached hydrogen (secondary N) is 1. The maximum Gasteiger partial charge on any atom is 0.0475 e. The van der Waals surface area contributed by atoms with E-state index in [9.17, 15) is 0 Å². The lowest BCUT2D eigenvalue weighted by atomic mass is 10.2. The Balaban J connectivity index is 2.97. The first kappa shape index (κ1) is 9.92. The van der Waals surface area contributed by atoms with Crippen LogP contribution in [0.1, 0.15) is 26.2 Å². The van der Waals surface area contributed by atoms with Gasteiger partial charge in [0.05, 0.1) is 0 Å². The van der Waals surface area contributed by atoms with E-state index in [1.165, 1.54) is 25.8 Å². The summed E-state index contributed by atoms with van der Waals surface area (Å²) in [6.07, 6.45) is 4.00. The van der Waals surface area contributed by atoms with Gasteiger partial charge in [-0.2, -0.15) is 0 Å². The molecule has 0 aromatic carbocycles. The van der Waals surface area contributed by atoms with Gasteiger partial charge < -0.3 is 5.32 Å². The summed E-state index contributed by atoms with van der Waals surface area (Å²) in [5.41, 5.74) is 0. The summed E-state index contributed by atoms with van der Waals surface area (Å²) in [4.78, 5) is 2.30. The minimum Gasteiger partial charge on any atom is -0.307 e. The van der Waals surface area contributed by atoms with Crippen molar-refractivity contribution in [2.75, 3.05) is 27.3 Å². The van der Waals surface area contributed by atoms with Gasteiger partial charge in [-0.3, -0.25) is 4.90 Å². The summed E-state index contributed by atoms with van der Waals surface area (Å²) < 4.78 is 0. The highest BCUT2D eigenvalue weighted by Crippen LogP contribution is 1.94. The van der Waals surface area contributed by atoms with Gasteiger partial charge in [-0.05, 0) is 27.1 Å². The second kappa shape index (κ2) is 7.03. The Labute approximate surface area is 64.6 Å². The highest BCUT2D eigenvalue weighted by Gasteiger charge is 1.93. The summed E-state index contributed by atoms with van der Waals surface area (Å²) >= 11 is 0. The molecule has 0 aromatic rings. The van der Waals surface area contributed by atoms with E-state index in [2.05, 4.69) is 24.2 Å². The van der Waals surface area contributed by atoms with E-state index in [0.717, 1.165) is 6.67 Å². The van der Waals surface area contributed by atoms with Crippen molar-refractivity contribution in [3.8, 4) is 0 Å². The molecule has 0 radical (unpaired) electrons. The largest absolute Gasteiger partial charge is 0.307 e. The smallest absolute Gasteiger partial charge is 0.0475 e. The lowest BCUT2D eigenvalue weighted by molar-refractivity contribution is 0.309. The maximum atomic E-state index is 3.12. The molecule has 0 amide bonds. The molecule has 0 rings (SSSR count). The quantitative estimate of drug-likeness (QED) is 0.446. The first-order valence-electron chi connectivity index (χ1n) is 4.14. The zero-order valence-corrected chi connectivity index (χ0v) is 7.48. The first-order valence-corrected chi connectivity index (χ1v) is 4.14. The molecule has 0 aliphatic heterocycles. The second-order valence-electron chi connectivity index (χ2n) is 2.80. The van der Waals surface area contributed by atoms with E-state index in [1.54, 1.807) is 0 Å². The number of nitrogens with zero attached hydrogens (tertiary/aromatic N) is 1. The van der Waals surface area contributed by atoms with Crippen LogP contribution < -0.4 is 5.32 Å². The Hall–Kier alpha value is -0.0800. The summed E-state index contributed by atoms with van der Waals surface area (Å²) in [6, 6.07) is 0. The summed E-state index contributed by atoms with van der Waals surface area (Å²) in [6.45, 7) is 4.45. The minimum absolute atomic E-state index is 1.00. The van der Waals surface area contributed by atoms with Crippen LogP contribution in [0, 0.1) is 0 Å². The van der Waals surface area contributed by atoms with Gasteiger partial charge in [0.15, 0.2) is 0 Å². The van der Waals surface area contributed by atoms with Crippen LogP contribution in [0.25, 0.3) is 0 Å². The molecule has 0 aromatic heterocycles. The van der Waals surface area contributed by atoms with Crippen molar-refractivity contribution < 1.29 is 0 Å². The summed E-state index contributed by atoms with van der Waals surface area (Å²) in [5.74, 6) is 0. The molecule has 2 nitrogen and oxygen atoms in total. The number of hydrogen-bond acceptors (Lipinski definition) is 2. The molecule has 0 saturated carbocycles. The Morgan fingerprint density at radius 2 is 2.00 bits per heavy atom. The zero-order chi connectivity index (χ0) is 7.82. The lowest BCUT2D eigenvalue weighted by Gasteiger charge is -2.14. The number of hydrogen-bond donors (Lipinski definition) is 1. The lowest BCUT2D eigenvalue weighted by Crippen LogP contribution is -2.29. The van der Waals surface area contributed by atoms with Gasteiger partial charge in [-0.1, -0.05) is 19.8 Å². The average Bonchev–Trinajstić information content (AvgIpc) is 1.89. The molecule has 0 fully saturated rings. The predicted molar refractivity (Wildman–Crippen MR) is 46.1 cm³/mol. The van der Waals surface area contributed by atoms with Gasteiger partial charge in [0.2, 0.25) is 0 Å². The third-order valence-electron chi connectivity index (χ3n) is 1.57. The molecule has 0 unspecified atom stereocenters. The zero-order valence-electron chi connectivity index (χ0n) is 7.48. The Morgan fingerprint density at radius 3 is 2.50 bits per heavy atom. The molecule has 0 spiro atoms. The first-order chi connectivity index (χ1) is 4.81. The van der Waals surface area contributed by atoms with Crippen LogP contribution in [0.4, 0.5) is 0 Å². The van der Waals surface area contributed by atoms with Gasteiger partial charge in [0.25, 0.3) is 0 Å². The molecule has 0 atom stereocenters. The minimum atomic E-state index is 1.00. The van der Waals surface area contributed by atoms with E-state index in [1.807, 2.05) is 7.05 Å². The van der Waals surface area contributed by atoms with Crippen molar-refractivity contribution in [1.82, 2.24) is 10.2 Å². The second-order valence-corrected chi connectivity index (χ2v) is 2.80. The molecule has 0 aliphatic carbocycles. The molecular weight excluding hydrogens is 124 g/mol. The predicted octanol–water partition coefficient (Wildman–Crippen LogP) is 1.29. The van der Waals surface area contributed by atoms with Crippen molar-refractivity contribution in [3.63, 3.8) is 0 Å². The topological polar surface area (TPSA) is 15.3 Å². The number of unbranched alkanes of at least 4 members (excludes halogenated alkanes) is 2. The average molecular weight is 144 g/mol. The molecule has 0 bridgehead atoms. The molecule has 10 heavy (non-hydrogen) atoms. The molecule has 2 heteroatoms. The Morgan fingerprint density at radius 1 is 1.30 bits per heavy atom. The number of rotatable bonds is 6. The van der Waals surface area contributed by atoms with E-state index in [0.29, 0.717) is 0 Å². The van der Waals surface area contributed by atoms with Gasteiger partial charge in [0.1, 0.15) is 0 Å². The fraction of sp³-hybridized carbons (Fsp3) is 1.00. The molecule has 0 saturated heterocycles. The molecule has 0 heterocycles. The van der Waals surface area contributed by atoms with Crippen LogP contribution in [0.3, 0.4) is 0 Å². The molecular formula is C8H20N2. The highest BCUT2D eigenvalue weighted by atomic mass is 15.2. The van der Waals surface area contributed by atoms with Crippen molar-refractivity contribution >= 4 is 0 Å². The molecule has 0 aliphatic rings. The van der Waals surface area contributed by atoms with Crippen LogP contribution in [0.2, 0.25) is 0 Å². The fourth-order valence-electron chi connectivity index (χ4n) is 0.981. The monoisotopic (exact) mass is 144 g/mol. The normalized spacial score (nSPS) is 10.8. The third-order valence-corrected chi connectivity index (χ3v) is 1.57. The van der Waals surface area contributed by atoms with E-state index >= 15 is 0 Å². The fourth-order valence-corrected chi connectivity index (χ4v) is 0.981. The van der Waals surface area contributed by atoms with Crippen molar-refractivity contribution in [2.45, 2.75) is 26.2 Å². The van der Waals surface area contributed by atoms with Gasteiger partial charge in [0, 0.05) is 6.67 Å². The summed E-state index contributed by atoms with van der Waals surface area (Å²) in [5, 5.41) is 3.12. The van der Waals surface area contributed by atoms with E-state index < -0.39 is 0 Å². The van der Waals surface area contributed by atoms with Crippen molar-refractivity contribution in [3.05, 3.63) is 0 Å². The van der Waals surface area contributed by atoms with E-state index in [4.69, 9.17) is 0 Å². The Kier molecular flexibility index (Phi) is 6.98. The third kappa shape index (κ3) is 6.05. The van der Waals surface area contributed by atoms with Crippen LogP contribution >= 0.6 is 0 Å². The van der Waals surface area contributed by atoms with E-state index in [-0.39, 0.29) is 0 Å². The van der Waals surface area contributed by atoms with Crippen molar-refractivity contribution in [1.29, 1.82) is 0 Å². The molecule has 62 valence electrons. The van der Waals surface area contributed by atoms with Crippen molar-refractivity contribution in [2.24, 2.45) is 0 Å². The van der Waals surface area contributed by atoms with Gasteiger partial charge in [-0.15, -0.1) is 0 Å². The highest BCUT2D eigenvalue weighted by molar-refractivity contribution is 4.47. The van der Waals surface area contributed by atoms with Crippen LogP contribution in [-0.4, -0.2) is 32.2 Å². The maximum absolute atomic E-state index is 3.12. The van der Waals surface area contributed by atoms with Crippen LogP contribution in [0.15, 0.2) is 0 Å². The summed E-state index contributed by atoms with van der Waals surface area (Å²) in [7, 11) is 4.13.